The van der Waals surface area contributed by atoms with Crippen LogP contribution in [0.25, 0.3) is 85.9 Å². The lowest BCUT2D eigenvalue weighted by Gasteiger charge is -2.54. The predicted octanol–water partition coefficient (Wildman–Crippen LogP) is 15.2. The molecule has 3 aliphatic carbocycles. The van der Waals surface area contributed by atoms with Gasteiger partial charge in [0.1, 0.15) is 0 Å². The first kappa shape index (κ1) is 31.1. The summed E-state index contributed by atoms with van der Waals surface area (Å²) in [6, 6.07) is 56.0. The molecule has 260 valence electrons. The van der Waals surface area contributed by atoms with Gasteiger partial charge in [-0.05, 0) is 144 Å². The third-order valence-electron chi connectivity index (χ3n) is 14.1. The van der Waals surface area contributed by atoms with Gasteiger partial charge in [0.15, 0.2) is 0 Å². The van der Waals surface area contributed by atoms with Crippen LogP contribution in [0.1, 0.15) is 50.7 Å². The fraction of sp³-hybridized carbons (Fsp3) is 0.208. The van der Waals surface area contributed by atoms with E-state index in [4.69, 9.17) is 0 Å². The lowest BCUT2D eigenvalue weighted by molar-refractivity contribution is 0.0433. The molecule has 1 heterocycles. The quantitative estimate of drug-likeness (QED) is 0.157. The average Bonchev–Trinajstić information content (AvgIpc) is 3.73. The zero-order chi connectivity index (χ0) is 35.7. The van der Waals surface area contributed by atoms with Crippen LogP contribution >= 0.6 is 11.3 Å². The molecule has 0 nitrogen and oxygen atoms in total. The van der Waals surface area contributed by atoms with Crippen molar-refractivity contribution in [2.24, 2.45) is 23.7 Å². The number of benzene rings is 8. The van der Waals surface area contributed by atoms with Crippen molar-refractivity contribution in [2.75, 3.05) is 0 Å². The van der Waals surface area contributed by atoms with E-state index in [0.717, 1.165) is 11.8 Å². The Morgan fingerprint density at radius 2 is 1.17 bits per heavy atom. The fourth-order valence-corrected chi connectivity index (χ4v) is 13.5. The molecule has 0 saturated heterocycles. The van der Waals surface area contributed by atoms with Gasteiger partial charge in [-0.25, -0.2) is 0 Å². The maximum atomic E-state index is 2.60. The van der Waals surface area contributed by atoms with Crippen LogP contribution in [0.3, 0.4) is 0 Å². The summed E-state index contributed by atoms with van der Waals surface area (Å²) in [6.07, 6.45) is 5.42. The van der Waals surface area contributed by atoms with Crippen molar-refractivity contribution >= 4 is 63.8 Å². The molecule has 8 aromatic carbocycles. The van der Waals surface area contributed by atoms with Crippen LogP contribution in [0, 0.1) is 23.7 Å². The van der Waals surface area contributed by atoms with Crippen molar-refractivity contribution in [2.45, 2.75) is 44.9 Å². The molecule has 54 heavy (non-hydrogen) atoms. The van der Waals surface area contributed by atoms with E-state index < -0.39 is 0 Å². The van der Waals surface area contributed by atoms with Crippen LogP contribution in [-0.4, -0.2) is 0 Å². The van der Waals surface area contributed by atoms with Crippen molar-refractivity contribution < 1.29 is 0 Å². The van der Waals surface area contributed by atoms with Crippen molar-refractivity contribution in [3.05, 3.63) is 157 Å². The number of fused-ring (bicyclic) bond motifs is 15. The molecular formula is C53H42S. The highest BCUT2D eigenvalue weighted by Crippen LogP contribution is 2.66. The molecule has 3 aliphatic rings. The van der Waals surface area contributed by atoms with Gasteiger partial charge in [-0.1, -0.05) is 141 Å². The number of rotatable bonds is 2. The lowest BCUT2D eigenvalue weighted by Crippen LogP contribution is -2.49. The van der Waals surface area contributed by atoms with Gasteiger partial charge >= 0.3 is 0 Å². The van der Waals surface area contributed by atoms with Crippen LogP contribution in [0.2, 0.25) is 0 Å². The summed E-state index contributed by atoms with van der Waals surface area (Å²) in [6.45, 7) is 5.12. The second kappa shape index (κ2) is 11.4. The van der Waals surface area contributed by atoms with E-state index in [1.54, 1.807) is 11.1 Å². The lowest BCUT2D eigenvalue weighted by atomic mass is 9.49. The summed E-state index contributed by atoms with van der Waals surface area (Å²) >= 11 is 1.90. The molecule has 0 radical (unpaired) electrons. The smallest absolute Gasteiger partial charge is 0.0361 e. The molecule has 5 unspecified atom stereocenters. The molecular weight excluding hydrogens is 669 g/mol. The Bertz CT molecular complexity index is 2950. The molecule has 1 heteroatoms. The topological polar surface area (TPSA) is 0 Å². The first-order chi connectivity index (χ1) is 26.6. The molecule has 5 atom stereocenters. The van der Waals surface area contributed by atoms with Crippen molar-refractivity contribution in [3.8, 4) is 33.4 Å². The Hall–Kier alpha value is -5.24. The van der Waals surface area contributed by atoms with E-state index in [1.807, 2.05) is 11.3 Å². The Kier molecular flexibility index (Phi) is 6.57. The summed E-state index contributed by atoms with van der Waals surface area (Å²) < 4.78 is 2.69. The molecule has 0 amide bonds. The Labute approximate surface area is 321 Å². The van der Waals surface area contributed by atoms with Gasteiger partial charge in [-0.3, -0.25) is 0 Å². The number of thiophene rings is 1. The van der Waals surface area contributed by atoms with E-state index in [9.17, 15) is 0 Å². The third-order valence-corrected chi connectivity index (χ3v) is 15.3. The molecule has 2 fully saturated rings. The highest BCUT2D eigenvalue weighted by Gasteiger charge is 2.57. The van der Waals surface area contributed by atoms with Crippen LogP contribution in [0.15, 0.2) is 146 Å². The molecule has 2 saturated carbocycles. The first-order valence-electron chi connectivity index (χ1n) is 20.1. The second-order valence-corrected chi connectivity index (χ2v) is 18.1. The van der Waals surface area contributed by atoms with E-state index in [2.05, 4.69) is 159 Å². The number of hydrogen-bond donors (Lipinski definition) is 0. The van der Waals surface area contributed by atoms with Gasteiger partial charge < -0.3 is 0 Å². The van der Waals surface area contributed by atoms with E-state index in [1.165, 1.54) is 112 Å². The van der Waals surface area contributed by atoms with Gasteiger partial charge in [0.05, 0.1) is 0 Å². The fourth-order valence-electron chi connectivity index (χ4n) is 12.4. The van der Waals surface area contributed by atoms with Gasteiger partial charge in [0.2, 0.25) is 0 Å². The van der Waals surface area contributed by atoms with Gasteiger partial charge in [-0.15, -0.1) is 11.3 Å². The van der Waals surface area contributed by atoms with Crippen LogP contribution in [0.5, 0.6) is 0 Å². The van der Waals surface area contributed by atoms with Crippen LogP contribution in [0.4, 0.5) is 0 Å². The summed E-state index contributed by atoms with van der Waals surface area (Å²) in [4.78, 5) is 0. The summed E-state index contributed by atoms with van der Waals surface area (Å²) in [7, 11) is 0. The van der Waals surface area contributed by atoms with Crippen LogP contribution < -0.4 is 0 Å². The Morgan fingerprint density at radius 3 is 1.94 bits per heavy atom. The van der Waals surface area contributed by atoms with Gasteiger partial charge in [-0.2, -0.15) is 0 Å². The Morgan fingerprint density at radius 1 is 0.500 bits per heavy atom. The SMILES string of the molecule is CC1CC2CC(C)C3(c4ccc(-c5c6ccccc6c(-c6cccc7sc8ccccc8c67)c6ccccc56)cc4-c4ccc5ccccc5c43)C(C1)C2. The minimum atomic E-state index is 0.0468. The summed E-state index contributed by atoms with van der Waals surface area (Å²) in [5.41, 5.74) is 11.5. The second-order valence-electron chi connectivity index (χ2n) is 17.0. The van der Waals surface area contributed by atoms with Crippen molar-refractivity contribution in [1.29, 1.82) is 0 Å². The van der Waals surface area contributed by atoms with Crippen LogP contribution in [-0.2, 0) is 5.41 Å². The van der Waals surface area contributed by atoms with E-state index in [0.29, 0.717) is 11.8 Å². The maximum absolute atomic E-state index is 2.60. The summed E-state index contributed by atoms with van der Waals surface area (Å²) in [5, 5.41) is 10.8. The average molecular weight is 711 g/mol. The zero-order valence-corrected chi connectivity index (χ0v) is 31.7. The molecule has 9 aromatic rings. The summed E-state index contributed by atoms with van der Waals surface area (Å²) in [5.74, 6) is 2.91. The standard InChI is InChI=1S/C53H42S/c1-31-26-33-28-32(2)53(36(27-31)29-33)46-25-23-35(30-45(46)42-24-22-34-12-3-4-13-37(34)52(42)53)49-38-14-5-7-16-40(38)50(41-17-8-6-15-39(41)49)44-19-11-21-48-51(44)43-18-9-10-20-47(43)54-48/h3-25,30-33,36H,26-29H2,1-2H3. The Balaban J connectivity index is 1.15. The highest BCUT2D eigenvalue weighted by molar-refractivity contribution is 7.25. The van der Waals surface area contributed by atoms with E-state index in [-0.39, 0.29) is 5.41 Å². The molecule has 1 spiro atoms. The molecule has 0 N–H and O–H groups in total. The van der Waals surface area contributed by atoms with Crippen molar-refractivity contribution in [3.63, 3.8) is 0 Å². The molecule has 0 aliphatic heterocycles. The van der Waals surface area contributed by atoms with Crippen molar-refractivity contribution in [1.82, 2.24) is 0 Å². The monoisotopic (exact) mass is 710 g/mol. The minimum absolute atomic E-state index is 0.0468. The predicted molar refractivity (Wildman–Crippen MR) is 233 cm³/mol. The number of hydrogen-bond acceptors (Lipinski definition) is 1. The van der Waals surface area contributed by atoms with Gasteiger partial charge in [0.25, 0.3) is 0 Å². The minimum Gasteiger partial charge on any atom is -0.135 e. The maximum Gasteiger partial charge on any atom is 0.0361 e. The van der Waals surface area contributed by atoms with E-state index >= 15 is 0 Å². The first-order valence-corrected chi connectivity index (χ1v) is 20.9. The third kappa shape index (κ3) is 4.09. The molecule has 12 rings (SSSR count). The normalized spacial score (nSPS) is 23.1. The highest BCUT2D eigenvalue weighted by atomic mass is 32.1. The molecule has 2 bridgehead atoms. The zero-order valence-electron chi connectivity index (χ0n) is 30.9. The van der Waals surface area contributed by atoms with Gasteiger partial charge in [0, 0.05) is 25.6 Å². The largest absolute Gasteiger partial charge is 0.135 e. The molecule has 1 aromatic heterocycles.